The molecule has 2 saturated heterocycles. The molecule has 11 heteroatoms. The van der Waals surface area contributed by atoms with Crippen molar-refractivity contribution in [1.29, 1.82) is 0 Å². The number of hydrogen-bond acceptors (Lipinski definition) is 3. The summed E-state index contributed by atoms with van der Waals surface area (Å²) in [5.41, 5.74) is 8.24. The molecule has 180 valence electrons. The molecule has 1 aromatic rings. The van der Waals surface area contributed by atoms with E-state index in [1.165, 1.54) is 11.3 Å². The van der Waals surface area contributed by atoms with Gasteiger partial charge >= 0.3 is 12.4 Å². The van der Waals surface area contributed by atoms with Gasteiger partial charge in [-0.2, -0.15) is 26.3 Å². The third-order valence-electron chi connectivity index (χ3n) is 6.27. The number of carbonyl (C=O) groups is 1. The van der Waals surface area contributed by atoms with E-state index in [1.807, 2.05) is 0 Å². The van der Waals surface area contributed by atoms with Gasteiger partial charge in [-0.1, -0.05) is 12.5 Å². The van der Waals surface area contributed by atoms with E-state index in [0.29, 0.717) is 31.3 Å². The summed E-state index contributed by atoms with van der Waals surface area (Å²) in [4.78, 5) is 16.6. The summed E-state index contributed by atoms with van der Waals surface area (Å²) in [6.45, 7) is 2.91. The number of amides is 1. The minimum Gasteiger partial charge on any atom is -0.667 e. The number of hydrogen-bond donors (Lipinski definition) is 1. The lowest BCUT2D eigenvalue weighted by atomic mass is 9.96. The van der Waals surface area contributed by atoms with Crippen LogP contribution in [0.15, 0.2) is 12.1 Å². The van der Waals surface area contributed by atoms with Gasteiger partial charge in [0.05, 0.1) is 16.8 Å². The van der Waals surface area contributed by atoms with Gasteiger partial charge in [0.15, 0.2) is 0 Å². The average Bonchev–Trinajstić information content (AvgIpc) is 2.73. The number of nitrogens with two attached hydrogens (primary N) is 1. The molecule has 3 N–H and O–H groups in total. The summed E-state index contributed by atoms with van der Waals surface area (Å²) < 4.78 is 79.2. The molecule has 1 aromatic carbocycles. The Morgan fingerprint density at radius 2 is 1.47 bits per heavy atom. The molecular weight excluding hydrogens is 438 g/mol. The monoisotopic (exact) mass is 465 g/mol. The molecule has 0 bridgehead atoms. The maximum Gasteiger partial charge on any atom is 0.418 e. The average molecular weight is 465 g/mol. The fourth-order valence-corrected chi connectivity index (χ4v) is 4.58. The number of halogens is 6. The van der Waals surface area contributed by atoms with E-state index in [9.17, 15) is 31.1 Å². The third kappa shape index (κ3) is 5.67. The number of alkyl halides is 6. The molecule has 1 amide bonds. The van der Waals surface area contributed by atoms with Crippen LogP contribution < -0.4 is 5.73 Å². The molecule has 32 heavy (non-hydrogen) atoms. The Bertz CT molecular complexity index is 776. The number of likely N-dealkylation sites (tertiary alicyclic amines) is 2. The highest BCUT2D eigenvalue weighted by Gasteiger charge is 2.40. The maximum atomic E-state index is 13.2. The first-order valence-electron chi connectivity index (χ1n) is 10.7. The lowest BCUT2D eigenvalue weighted by molar-refractivity contribution is -0.141. The number of anilines is 1. The van der Waals surface area contributed by atoms with Crippen molar-refractivity contribution in [3.05, 3.63) is 34.6 Å². The Hall–Kier alpha value is -2.01. The highest BCUT2D eigenvalue weighted by molar-refractivity contribution is 5.83. The van der Waals surface area contributed by atoms with Crippen LogP contribution in [0.25, 0.3) is 5.73 Å². The van der Waals surface area contributed by atoms with Crippen LogP contribution in [-0.4, -0.2) is 54.0 Å². The van der Waals surface area contributed by atoms with Crippen LogP contribution in [0.1, 0.15) is 48.8 Å². The van der Waals surface area contributed by atoms with Crippen LogP contribution in [0.4, 0.5) is 32.0 Å². The lowest BCUT2D eigenvalue weighted by Crippen LogP contribution is -2.50. The first-order valence-corrected chi connectivity index (χ1v) is 10.7. The zero-order chi connectivity index (χ0) is 23.7. The van der Waals surface area contributed by atoms with Crippen molar-refractivity contribution in [2.75, 3.05) is 31.9 Å². The van der Waals surface area contributed by atoms with Gasteiger partial charge in [-0.05, 0) is 62.9 Å². The van der Waals surface area contributed by atoms with E-state index >= 15 is 0 Å². The smallest absolute Gasteiger partial charge is 0.418 e. The molecule has 1 atom stereocenters. The van der Waals surface area contributed by atoms with Crippen LogP contribution >= 0.6 is 0 Å². The summed E-state index contributed by atoms with van der Waals surface area (Å²) in [7, 11) is 0. The van der Waals surface area contributed by atoms with Crippen molar-refractivity contribution in [3.8, 4) is 0 Å². The fraction of sp³-hybridized carbons (Fsp3) is 0.667. The van der Waals surface area contributed by atoms with Gasteiger partial charge in [0, 0.05) is 19.1 Å². The van der Waals surface area contributed by atoms with Crippen LogP contribution in [0.5, 0.6) is 0 Å². The zero-order valence-corrected chi connectivity index (χ0v) is 17.5. The largest absolute Gasteiger partial charge is 0.667 e. The number of nitrogens with zero attached hydrogens (tertiary/aromatic N) is 2. The molecule has 2 aliphatic rings. The predicted octanol–water partition coefficient (Wildman–Crippen LogP) is 4.75. The molecule has 0 radical (unpaired) electrons. The van der Waals surface area contributed by atoms with Gasteiger partial charge in [0.25, 0.3) is 0 Å². The van der Waals surface area contributed by atoms with E-state index in [2.05, 4.69) is 4.90 Å². The number of rotatable bonds is 4. The SMILES string of the molecule is [NH-][C@H](Cc1cc(C(F)(F)F)c(N)c(C(F)(F)F)c1)C(=O)N1CCC(N2CCCCC2)CC1. The van der Waals surface area contributed by atoms with Crippen LogP contribution in [0, 0.1) is 0 Å². The molecule has 0 aliphatic carbocycles. The number of piperidine rings is 2. The van der Waals surface area contributed by atoms with Gasteiger partial charge in [0.1, 0.15) is 0 Å². The molecule has 0 aromatic heterocycles. The van der Waals surface area contributed by atoms with Crippen LogP contribution in [0.3, 0.4) is 0 Å². The number of carbonyl (C=O) groups excluding carboxylic acids is 1. The third-order valence-corrected chi connectivity index (χ3v) is 6.27. The van der Waals surface area contributed by atoms with Gasteiger partial charge in [0.2, 0.25) is 5.91 Å². The van der Waals surface area contributed by atoms with Gasteiger partial charge in [-0.3, -0.25) is 4.79 Å². The Morgan fingerprint density at radius 3 is 1.94 bits per heavy atom. The molecule has 5 nitrogen and oxygen atoms in total. The van der Waals surface area contributed by atoms with Crippen LogP contribution in [-0.2, 0) is 23.6 Å². The molecule has 2 fully saturated rings. The summed E-state index contributed by atoms with van der Waals surface area (Å²) in [6.07, 6.45) is -5.73. The van der Waals surface area contributed by atoms with Gasteiger partial charge in [-0.25, -0.2) is 0 Å². The number of nitrogen functional groups attached to an aromatic ring is 1. The fourth-order valence-electron chi connectivity index (χ4n) is 4.58. The van der Waals surface area contributed by atoms with Gasteiger partial charge < -0.3 is 21.3 Å². The highest BCUT2D eigenvalue weighted by atomic mass is 19.4. The summed E-state index contributed by atoms with van der Waals surface area (Å²) in [5, 5.41) is 0. The molecule has 0 spiro atoms. The number of nitrogens with one attached hydrogen (secondary N) is 1. The first kappa shape index (κ1) is 24.6. The Labute approximate surface area is 182 Å². The van der Waals surface area contributed by atoms with Crippen molar-refractivity contribution in [3.63, 3.8) is 0 Å². The minimum atomic E-state index is -5.09. The second-order valence-electron chi connectivity index (χ2n) is 8.51. The van der Waals surface area contributed by atoms with Crippen molar-refractivity contribution < 1.29 is 31.1 Å². The highest BCUT2D eigenvalue weighted by Crippen LogP contribution is 2.42. The van der Waals surface area contributed by atoms with E-state index in [-0.39, 0.29) is 0 Å². The second kappa shape index (κ2) is 9.46. The molecule has 2 heterocycles. The topological polar surface area (TPSA) is 73.4 Å². The Balaban J connectivity index is 1.68. The summed E-state index contributed by atoms with van der Waals surface area (Å²) >= 11 is 0. The predicted molar refractivity (Wildman–Crippen MR) is 108 cm³/mol. The first-order chi connectivity index (χ1) is 14.9. The molecule has 2 aliphatic heterocycles. The van der Waals surface area contributed by atoms with Crippen molar-refractivity contribution in [1.82, 2.24) is 9.80 Å². The number of benzene rings is 1. The van der Waals surface area contributed by atoms with Crippen molar-refractivity contribution in [2.24, 2.45) is 0 Å². The second-order valence-corrected chi connectivity index (χ2v) is 8.51. The molecular formula is C21H27F6N4O-. The molecule has 0 unspecified atom stereocenters. The summed E-state index contributed by atoms with van der Waals surface area (Å²) in [5.74, 6) is -0.582. The van der Waals surface area contributed by atoms with Gasteiger partial charge in [-0.15, -0.1) is 0 Å². The van der Waals surface area contributed by atoms with E-state index < -0.39 is 53.1 Å². The normalized spacial score (nSPS) is 20.4. The maximum absolute atomic E-state index is 13.2. The molecule has 3 rings (SSSR count). The minimum absolute atomic E-state index is 0.365. The Morgan fingerprint density at radius 1 is 0.969 bits per heavy atom. The standard InChI is InChI=1S/C21H27F6N4O/c22-20(23,24)15-10-13(11-16(18(15)29)21(25,26)27)12-17(28)19(32)31-8-4-14(5-9-31)30-6-2-1-3-7-30/h10-11,14,17,28H,1-9,12,29H2/q-1/t17-/m1/s1. The van der Waals surface area contributed by atoms with E-state index in [4.69, 9.17) is 11.5 Å². The van der Waals surface area contributed by atoms with Crippen molar-refractivity contribution >= 4 is 11.6 Å². The van der Waals surface area contributed by atoms with E-state index in [0.717, 1.165) is 38.8 Å². The quantitative estimate of drug-likeness (QED) is 0.515. The Kier molecular flexibility index (Phi) is 7.28. The van der Waals surface area contributed by atoms with Crippen LogP contribution in [0.2, 0.25) is 0 Å². The van der Waals surface area contributed by atoms with E-state index in [1.54, 1.807) is 0 Å². The lowest BCUT2D eigenvalue weighted by Gasteiger charge is -2.41. The van der Waals surface area contributed by atoms with Crippen molar-refractivity contribution in [2.45, 2.75) is 63.0 Å². The molecule has 0 saturated carbocycles. The zero-order valence-electron chi connectivity index (χ0n) is 17.5. The summed E-state index contributed by atoms with van der Waals surface area (Å²) in [6, 6.07) is -0.124.